The lowest BCUT2D eigenvalue weighted by molar-refractivity contribution is 0.0985. The first-order chi connectivity index (χ1) is 9.17. The third-order valence-electron chi connectivity index (χ3n) is 3.33. The number of carbonyl (C=O) groups excluding carboxylic acids is 1. The predicted octanol–water partition coefficient (Wildman–Crippen LogP) is 3.81. The van der Waals surface area contributed by atoms with Crippen molar-refractivity contribution in [2.24, 2.45) is 0 Å². The summed E-state index contributed by atoms with van der Waals surface area (Å²) < 4.78 is 5.34. The fourth-order valence-corrected chi connectivity index (χ4v) is 5.33. The highest BCUT2D eigenvalue weighted by molar-refractivity contribution is 8.07. The van der Waals surface area contributed by atoms with Crippen molar-refractivity contribution in [1.29, 1.82) is 0 Å². The Bertz CT molecular complexity index is 459. The highest BCUT2D eigenvalue weighted by Crippen LogP contribution is 2.36. The summed E-state index contributed by atoms with van der Waals surface area (Å²) in [7, 11) is 1.63. The minimum Gasteiger partial charge on any atom is -0.496 e. The lowest BCUT2D eigenvalue weighted by Crippen LogP contribution is -2.33. The number of hydrogen-bond acceptors (Lipinski definition) is 4. The molecule has 19 heavy (non-hydrogen) atoms. The molecule has 0 N–H and O–H groups in total. The van der Waals surface area contributed by atoms with E-state index in [0.29, 0.717) is 11.0 Å². The first-order valence-electron chi connectivity index (χ1n) is 6.59. The van der Waals surface area contributed by atoms with E-state index in [1.165, 1.54) is 0 Å². The Morgan fingerprint density at radius 3 is 2.79 bits per heavy atom. The van der Waals surface area contributed by atoms with E-state index in [2.05, 4.69) is 6.92 Å². The molecule has 1 saturated heterocycles. The average molecular weight is 296 g/mol. The molecular weight excluding hydrogens is 276 g/mol. The van der Waals surface area contributed by atoms with Crippen molar-refractivity contribution >= 4 is 29.3 Å². The number of rotatable bonds is 4. The van der Waals surface area contributed by atoms with Gasteiger partial charge in [0.15, 0.2) is 5.78 Å². The number of hydrogen-bond donors (Lipinski definition) is 0. The van der Waals surface area contributed by atoms with Crippen LogP contribution in [0.5, 0.6) is 5.75 Å². The van der Waals surface area contributed by atoms with E-state index in [9.17, 15) is 4.79 Å². The highest BCUT2D eigenvalue weighted by atomic mass is 32.2. The van der Waals surface area contributed by atoms with Gasteiger partial charge in [-0.1, -0.05) is 18.6 Å². The maximum absolute atomic E-state index is 12.8. The van der Waals surface area contributed by atoms with Crippen molar-refractivity contribution in [2.45, 2.75) is 30.8 Å². The smallest absolute Gasteiger partial charge is 0.180 e. The number of methoxy groups -OCH3 is 1. The van der Waals surface area contributed by atoms with Crippen molar-refractivity contribution in [2.75, 3.05) is 18.6 Å². The molecule has 2 unspecified atom stereocenters. The van der Waals surface area contributed by atoms with Gasteiger partial charge >= 0.3 is 0 Å². The largest absolute Gasteiger partial charge is 0.496 e. The van der Waals surface area contributed by atoms with Gasteiger partial charge in [0.2, 0.25) is 0 Å². The normalized spacial score (nSPS) is 23.1. The number of benzene rings is 1. The molecule has 2 rings (SSSR count). The second-order valence-corrected chi connectivity index (χ2v) is 7.27. The highest BCUT2D eigenvalue weighted by Gasteiger charge is 2.32. The monoisotopic (exact) mass is 296 g/mol. The molecule has 104 valence electrons. The van der Waals surface area contributed by atoms with Gasteiger partial charge in [-0.2, -0.15) is 11.8 Å². The number of carbonyl (C=O) groups is 1. The summed E-state index contributed by atoms with van der Waals surface area (Å²) in [5.74, 6) is 3.13. The number of thioether (sulfide) groups is 2. The molecule has 0 radical (unpaired) electrons. The fraction of sp³-hybridized carbons (Fsp3) is 0.533. The van der Waals surface area contributed by atoms with E-state index >= 15 is 0 Å². The van der Waals surface area contributed by atoms with Gasteiger partial charge < -0.3 is 4.74 Å². The molecular formula is C15H20O2S2. The molecule has 0 saturated carbocycles. The number of Topliss-reactive ketones (excluding diaryl/α,β-unsaturated/α-hetero) is 1. The Morgan fingerprint density at radius 2 is 2.11 bits per heavy atom. The molecule has 0 bridgehead atoms. The van der Waals surface area contributed by atoms with E-state index in [1.54, 1.807) is 18.9 Å². The molecule has 1 aliphatic heterocycles. The van der Waals surface area contributed by atoms with Crippen LogP contribution in [0.1, 0.15) is 29.3 Å². The number of aryl methyl sites for hydroxylation is 1. The minimum absolute atomic E-state index is 0.0689. The van der Waals surface area contributed by atoms with Gasteiger partial charge in [-0.3, -0.25) is 4.79 Å². The Balaban J connectivity index is 2.29. The van der Waals surface area contributed by atoms with Crippen LogP contribution in [0.2, 0.25) is 0 Å². The molecule has 0 amide bonds. The maximum Gasteiger partial charge on any atom is 0.180 e. The fourth-order valence-electron chi connectivity index (χ4n) is 2.31. The van der Waals surface area contributed by atoms with Crippen molar-refractivity contribution in [1.82, 2.24) is 0 Å². The number of ketones is 1. The standard InChI is InChI=1S/C15H20O2S2/c1-4-13-15(19-8-7-18-13)14(16)11-9-10(2)5-6-12(11)17-3/h5-6,9,13,15H,4,7-8H2,1-3H3. The Kier molecular flexibility index (Phi) is 5.22. The lowest BCUT2D eigenvalue weighted by atomic mass is 10.0. The summed E-state index contributed by atoms with van der Waals surface area (Å²) in [5, 5.41) is 0.496. The van der Waals surface area contributed by atoms with Crippen LogP contribution in [-0.4, -0.2) is 34.9 Å². The topological polar surface area (TPSA) is 26.3 Å². The van der Waals surface area contributed by atoms with Crippen molar-refractivity contribution in [3.8, 4) is 5.75 Å². The molecule has 1 aromatic rings. The Labute approximate surface area is 123 Å². The van der Waals surface area contributed by atoms with Crippen LogP contribution in [0.15, 0.2) is 18.2 Å². The number of ether oxygens (including phenoxy) is 1. The molecule has 1 fully saturated rings. The van der Waals surface area contributed by atoms with Gasteiger partial charge in [-0.15, -0.1) is 11.8 Å². The summed E-state index contributed by atoms with van der Waals surface area (Å²) in [4.78, 5) is 12.8. The molecule has 2 atom stereocenters. The summed E-state index contributed by atoms with van der Waals surface area (Å²) in [6.45, 7) is 4.17. The van der Waals surface area contributed by atoms with Crippen molar-refractivity contribution < 1.29 is 9.53 Å². The first-order valence-corrected chi connectivity index (χ1v) is 8.69. The zero-order valence-corrected chi connectivity index (χ0v) is 13.3. The molecule has 1 heterocycles. The molecule has 1 aromatic carbocycles. The van der Waals surface area contributed by atoms with Gasteiger partial charge in [0.25, 0.3) is 0 Å². The third kappa shape index (κ3) is 3.29. The van der Waals surface area contributed by atoms with Gasteiger partial charge in [0.05, 0.1) is 17.9 Å². The summed E-state index contributed by atoms with van der Waals surface area (Å²) in [6, 6.07) is 5.83. The Hall–Kier alpha value is -0.610. The second-order valence-electron chi connectivity index (χ2n) is 4.68. The third-order valence-corrected chi connectivity index (χ3v) is 6.58. The SMILES string of the molecule is CCC1SCCSC1C(=O)c1cc(C)ccc1OC. The van der Waals surface area contributed by atoms with Gasteiger partial charge in [-0.05, 0) is 25.5 Å². The molecule has 2 nitrogen and oxygen atoms in total. The summed E-state index contributed by atoms with van der Waals surface area (Å²) in [5.41, 5.74) is 1.84. The van der Waals surface area contributed by atoms with Crippen LogP contribution in [0.4, 0.5) is 0 Å². The Morgan fingerprint density at radius 1 is 1.37 bits per heavy atom. The molecule has 0 spiro atoms. The maximum atomic E-state index is 12.8. The summed E-state index contributed by atoms with van der Waals surface area (Å²) >= 11 is 3.73. The van der Waals surface area contributed by atoms with Gasteiger partial charge in [0, 0.05) is 16.8 Å². The molecule has 0 aromatic heterocycles. The van der Waals surface area contributed by atoms with Crippen LogP contribution < -0.4 is 4.74 Å². The van der Waals surface area contributed by atoms with E-state index in [4.69, 9.17) is 4.74 Å². The van der Waals surface area contributed by atoms with Crippen LogP contribution in [0.25, 0.3) is 0 Å². The van der Waals surface area contributed by atoms with Crippen molar-refractivity contribution in [3.63, 3.8) is 0 Å². The molecule has 4 heteroatoms. The molecule has 0 aliphatic carbocycles. The first kappa shape index (κ1) is 14.8. The zero-order chi connectivity index (χ0) is 13.8. The van der Waals surface area contributed by atoms with E-state index in [-0.39, 0.29) is 11.0 Å². The zero-order valence-electron chi connectivity index (χ0n) is 11.6. The van der Waals surface area contributed by atoms with Crippen LogP contribution in [-0.2, 0) is 0 Å². The summed E-state index contributed by atoms with van der Waals surface area (Å²) in [6.07, 6.45) is 1.04. The van der Waals surface area contributed by atoms with E-state index in [0.717, 1.165) is 29.1 Å². The van der Waals surface area contributed by atoms with E-state index in [1.807, 2.05) is 36.9 Å². The van der Waals surface area contributed by atoms with E-state index < -0.39 is 0 Å². The quantitative estimate of drug-likeness (QED) is 0.789. The van der Waals surface area contributed by atoms with Crippen LogP contribution in [0, 0.1) is 6.92 Å². The van der Waals surface area contributed by atoms with Crippen LogP contribution in [0.3, 0.4) is 0 Å². The van der Waals surface area contributed by atoms with Gasteiger partial charge in [-0.25, -0.2) is 0 Å². The van der Waals surface area contributed by atoms with Crippen LogP contribution >= 0.6 is 23.5 Å². The van der Waals surface area contributed by atoms with Gasteiger partial charge in [0.1, 0.15) is 5.75 Å². The predicted molar refractivity (Wildman–Crippen MR) is 84.8 cm³/mol. The lowest BCUT2D eigenvalue weighted by Gasteiger charge is -2.29. The minimum atomic E-state index is 0.0689. The second kappa shape index (κ2) is 6.71. The van der Waals surface area contributed by atoms with Crippen molar-refractivity contribution in [3.05, 3.63) is 29.3 Å². The average Bonchev–Trinajstić information content (AvgIpc) is 2.46. The molecule has 1 aliphatic rings.